The van der Waals surface area contributed by atoms with E-state index in [4.69, 9.17) is 23.7 Å². The largest absolute Gasteiger partial charge is 0.454 e. The molecule has 3 rings (SSSR count). The van der Waals surface area contributed by atoms with Crippen molar-refractivity contribution in [3.05, 3.63) is 48.0 Å². The third-order valence-corrected chi connectivity index (χ3v) is 8.00. The number of hydrogen-bond donors (Lipinski definition) is 3. The number of rotatable bonds is 14. The van der Waals surface area contributed by atoms with E-state index in [1.54, 1.807) is 30.4 Å². The molecule has 2 aliphatic rings. The Hall–Kier alpha value is -3.81. The summed E-state index contributed by atoms with van der Waals surface area (Å²) in [7, 11) is 1.28. The van der Waals surface area contributed by atoms with Gasteiger partial charge in [-0.05, 0) is 37.8 Å². The van der Waals surface area contributed by atoms with E-state index < -0.39 is 67.1 Å². The van der Waals surface area contributed by atoms with Crippen LogP contribution in [0.2, 0.25) is 0 Å². The number of aliphatic hydroxyl groups excluding tert-OH is 1. The zero-order valence-corrected chi connectivity index (χ0v) is 27.4. The van der Waals surface area contributed by atoms with Crippen LogP contribution in [0, 0.1) is 11.8 Å². The summed E-state index contributed by atoms with van der Waals surface area (Å²) in [5.74, 6) is -4.90. The van der Waals surface area contributed by atoms with Crippen LogP contribution in [-0.2, 0) is 42.9 Å². The van der Waals surface area contributed by atoms with Gasteiger partial charge in [-0.15, -0.1) is 0 Å². The topological polar surface area (TPSA) is 176 Å². The monoisotopic (exact) mass is 660 g/mol. The summed E-state index contributed by atoms with van der Waals surface area (Å²) >= 11 is 0. The lowest BCUT2D eigenvalue weighted by atomic mass is 9.94. The molecule has 0 aliphatic carbocycles. The Morgan fingerprint density at radius 1 is 0.851 bits per heavy atom. The van der Waals surface area contributed by atoms with Crippen LogP contribution in [0.25, 0.3) is 0 Å². The molecule has 3 N–H and O–H groups in total. The van der Waals surface area contributed by atoms with Crippen LogP contribution in [0.5, 0.6) is 0 Å². The van der Waals surface area contributed by atoms with Crippen LogP contribution in [0.4, 0.5) is 0 Å². The van der Waals surface area contributed by atoms with E-state index in [9.17, 15) is 29.1 Å². The van der Waals surface area contributed by atoms with Gasteiger partial charge in [0.1, 0.15) is 6.10 Å². The lowest BCUT2D eigenvalue weighted by molar-refractivity contribution is -0.301. The summed E-state index contributed by atoms with van der Waals surface area (Å²) in [5, 5.41) is 15.9. The van der Waals surface area contributed by atoms with Gasteiger partial charge in [0.2, 0.25) is 11.8 Å². The van der Waals surface area contributed by atoms with Crippen molar-refractivity contribution in [2.45, 2.75) is 95.9 Å². The predicted molar refractivity (Wildman–Crippen MR) is 169 cm³/mol. The van der Waals surface area contributed by atoms with Crippen LogP contribution in [0.3, 0.4) is 0 Å². The van der Waals surface area contributed by atoms with Crippen molar-refractivity contribution in [3.8, 4) is 0 Å². The Labute approximate surface area is 275 Å². The number of carbonyl (C=O) groups is 5. The van der Waals surface area contributed by atoms with Crippen molar-refractivity contribution in [1.82, 2.24) is 10.6 Å². The van der Waals surface area contributed by atoms with Gasteiger partial charge >= 0.3 is 17.9 Å². The highest BCUT2D eigenvalue weighted by atomic mass is 16.7. The summed E-state index contributed by atoms with van der Waals surface area (Å²) in [6.07, 6.45) is -0.422. The molecule has 0 unspecified atom stereocenters. The summed E-state index contributed by atoms with van der Waals surface area (Å²) in [6.45, 7) is 4.25. The normalized spacial score (nSPS) is 26.4. The first-order valence-electron chi connectivity index (χ1n) is 16.4. The molecule has 47 heavy (non-hydrogen) atoms. The fourth-order valence-corrected chi connectivity index (χ4v) is 5.29. The third kappa shape index (κ3) is 11.4. The number of unbranched alkanes of at least 4 members (excludes halogenated alkanes) is 2. The minimum atomic E-state index is -1.50. The smallest absolute Gasteiger partial charge is 0.338 e. The van der Waals surface area contributed by atoms with E-state index in [-0.39, 0.29) is 43.1 Å². The van der Waals surface area contributed by atoms with Gasteiger partial charge in [-0.25, -0.2) is 4.79 Å². The van der Waals surface area contributed by atoms with E-state index in [0.29, 0.717) is 13.1 Å². The Morgan fingerprint density at radius 2 is 1.38 bits per heavy atom. The number of amides is 2. The number of carbonyl (C=O) groups excluding carboxylic acids is 5. The Balaban J connectivity index is 1.99. The second-order valence-corrected chi connectivity index (χ2v) is 11.7. The number of nitrogens with one attached hydrogen (secondary N) is 2. The first-order chi connectivity index (χ1) is 22.7. The lowest BCUT2D eigenvalue weighted by Crippen LogP contribution is -2.63. The number of aliphatic hydroxyl groups is 1. The fraction of sp³-hybridized carbons (Fsp3) is 0.618. The molecule has 260 valence electrons. The molecule has 0 radical (unpaired) electrons. The van der Waals surface area contributed by atoms with Crippen LogP contribution >= 0.6 is 0 Å². The minimum Gasteiger partial charge on any atom is -0.454 e. The van der Waals surface area contributed by atoms with Crippen molar-refractivity contribution in [1.29, 1.82) is 0 Å². The van der Waals surface area contributed by atoms with Crippen molar-refractivity contribution in [3.63, 3.8) is 0 Å². The van der Waals surface area contributed by atoms with Crippen LogP contribution < -0.4 is 10.6 Å². The molecule has 13 nitrogen and oxygen atoms in total. The van der Waals surface area contributed by atoms with Gasteiger partial charge in [0, 0.05) is 33.0 Å². The Bertz CT molecular complexity index is 1210. The zero-order valence-electron chi connectivity index (χ0n) is 27.4. The molecule has 0 bridgehead atoms. The fourth-order valence-electron chi connectivity index (χ4n) is 5.29. The summed E-state index contributed by atoms with van der Waals surface area (Å²) in [4.78, 5) is 66.1. The predicted octanol–water partition coefficient (Wildman–Crippen LogP) is 2.59. The SMILES string of the molecule is CCCCNC(=O)C[C@@H]1CC=CC[C@@H](CC(=O)NCCCC)C(=O)O[C@H]2[C@@H](OC)O[C@H](CO)[C@@H](OC(=O)c3ccccc3)[C@@H]2OC1=O. The van der Waals surface area contributed by atoms with Gasteiger partial charge < -0.3 is 39.4 Å². The Kier molecular flexibility index (Phi) is 15.8. The molecule has 13 heteroatoms. The van der Waals surface area contributed by atoms with Crippen molar-refractivity contribution < 1.29 is 52.8 Å². The van der Waals surface area contributed by atoms with Gasteiger partial charge in [0.25, 0.3) is 0 Å². The standard InChI is InChI=1S/C34H48N2O11/c1-4-6-17-35-26(38)19-23-15-11-12-16-24(20-27(39)36-18-7-5-2)33(42)47-30-29(46-32(23)41)28(25(21-37)44-34(30)43-3)45-31(40)22-13-9-8-10-14-22/h8-14,23-25,28-30,34,37H,4-7,15-21H2,1-3H3,(H,35,38)(H,36,39)/t23-,24-,25+,28+,29-,30+,34-/m0/s1. The number of methoxy groups -OCH3 is 1. The summed E-state index contributed by atoms with van der Waals surface area (Å²) < 4.78 is 28.9. The highest BCUT2D eigenvalue weighted by Gasteiger charge is 2.53. The van der Waals surface area contributed by atoms with Gasteiger partial charge in [-0.1, -0.05) is 57.0 Å². The lowest BCUT2D eigenvalue weighted by Gasteiger charge is -2.44. The number of benzene rings is 1. The first kappa shape index (κ1) is 37.6. The zero-order chi connectivity index (χ0) is 34.2. The molecule has 0 spiro atoms. The number of esters is 3. The quantitative estimate of drug-likeness (QED) is 0.116. The van der Waals surface area contributed by atoms with Gasteiger partial charge in [0.05, 0.1) is 24.0 Å². The maximum Gasteiger partial charge on any atom is 0.338 e. The van der Waals surface area contributed by atoms with Crippen LogP contribution in [0.15, 0.2) is 42.5 Å². The van der Waals surface area contributed by atoms with Crippen molar-refractivity contribution >= 4 is 29.7 Å². The summed E-state index contributed by atoms with van der Waals surface area (Å²) in [5.41, 5.74) is 0.187. The molecule has 2 heterocycles. The average Bonchev–Trinajstić information content (AvgIpc) is 3.06. The van der Waals surface area contributed by atoms with Gasteiger partial charge in [-0.2, -0.15) is 0 Å². The summed E-state index contributed by atoms with van der Waals surface area (Å²) in [6, 6.07) is 8.05. The van der Waals surface area contributed by atoms with Crippen LogP contribution in [-0.4, -0.2) is 92.3 Å². The van der Waals surface area contributed by atoms with E-state index >= 15 is 0 Å². The number of ether oxygens (including phenoxy) is 5. The highest BCUT2D eigenvalue weighted by Crippen LogP contribution is 2.32. The molecular formula is C34H48N2O11. The number of hydrogen-bond acceptors (Lipinski definition) is 11. The second-order valence-electron chi connectivity index (χ2n) is 11.7. The van der Waals surface area contributed by atoms with E-state index in [1.807, 2.05) is 13.8 Å². The minimum absolute atomic E-state index is 0.101. The van der Waals surface area contributed by atoms with E-state index in [2.05, 4.69) is 10.6 Å². The molecule has 0 aromatic heterocycles. The third-order valence-electron chi connectivity index (χ3n) is 8.00. The molecule has 0 saturated carbocycles. The molecule has 1 saturated heterocycles. The second kappa shape index (κ2) is 19.8. The first-order valence-corrected chi connectivity index (χ1v) is 16.4. The molecule has 2 aliphatic heterocycles. The van der Waals surface area contributed by atoms with E-state index in [0.717, 1.165) is 25.7 Å². The molecular weight excluding hydrogens is 612 g/mol. The number of fused-ring (bicyclic) bond motifs is 1. The van der Waals surface area contributed by atoms with E-state index in [1.165, 1.54) is 19.2 Å². The number of allylic oxidation sites excluding steroid dienone is 2. The Morgan fingerprint density at radius 3 is 1.87 bits per heavy atom. The van der Waals surface area contributed by atoms with Crippen molar-refractivity contribution in [2.75, 3.05) is 26.8 Å². The maximum atomic E-state index is 13.7. The molecule has 1 aromatic rings. The van der Waals surface area contributed by atoms with Gasteiger partial charge in [-0.3, -0.25) is 19.2 Å². The highest BCUT2D eigenvalue weighted by molar-refractivity contribution is 5.89. The molecule has 7 atom stereocenters. The van der Waals surface area contributed by atoms with Crippen LogP contribution in [0.1, 0.15) is 75.6 Å². The molecule has 1 fully saturated rings. The maximum absolute atomic E-state index is 13.7. The molecule has 2 amide bonds. The molecule has 1 aromatic carbocycles. The van der Waals surface area contributed by atoms with Crippen molar-refractivity contribution in [2.24, 2.45) is 11.8 Å². The average molecular weight is 661 g/mol. The van der Waals surface area contributed by atoms with Gasteiger partial charge in [0.15, 0.2) is 24.6 Å².